The molecule has 0 spiro atoms. The van der Waals surface area contributed by atoms with E-state index in [9.17, 15) is 0 Å². The quantitative estimate of drug-likeness (QED) is 0.145. The molecule has 0 aromatic heterocycles. The maximum absolute atomic E-state index is 3.69. The Morgan fingerprint density at radius 1 is 0.254 bits per heavy atom. The minimum absolute atomic E-state index is 0.917. The first-order valence-electron chi connectivity index (χ1n) is 21.6. The summed E-state index contributed by atoms with van der Waals surface area (Å²) in [6.45, 7) is 0. The van der Waals surface area contributed by atoms with E-state index in [0.29, 0.717) is 0 Å². The fourth-order valence-corrected chi connectivity index (χ4v) is 9.93. The van der Waals surface area contributed by atoms with Crippen LogP contribution in [0, 0.1) is 12.1 Å². The summed E-state index contributed by atoms with van der Waals surface area (Å²) < 4.78 is 0. The Balaban J connectivity index is 1.02. The summed E-state index contributed by atoms with van der Waals surface area (Å²) in [6.07, 6.45) is 0. The third kappa shape index (κ3) is 6.12. The number of anilines is 3. The van der Waals surface area contributed by atoms with Crippen LogP contribution < -0.4 is 4.90 Å². The number of rotatable bonds is 7. The number of hydrogen-bond donors (Lipinski definition) is 0. The van der Waals surface area contributed by atoms with Crippen LogP contribution in [0.3, 0.4) is 0 Å². The number of hydrogen-bond acceptors (Lipinski definition) is 1. The standard InChI is InChI=1S/C62H39N/c1-3-19-43(20-4-1)59-50-25-9-13-29-54(50)61(55-30-14-10-26-51(55)59)45-34-38-47(39-35-45)63(58-33-17-23-42-18-7-8-24-49(42)58)48-40-36-46(37-41-48)62-56-31-15-11-27-52(56)60(44-21-5-2-6-22-44)53-28-12-16-32-57(53)62/h1-36,38-40H. The van der Waals surface area contributed by atoms with Crippen LogP contribution in [-0.4, -0.2) is 0 Å². The summed E-state index contributed by atoms with van der Waals surface area (Å²) in [6, 6.07) is 92.9. The van der Waals surface area contributed by atoms with E-state index in [4.69, 9.17) is 0 Å². The Morgan fingerprint density at radius 2 is 0.635 bits per heavy atom. The molecule has 12 aromatic carbocycles. The topological polar surface area (TPSA) is 3.24 Å². The van der Waals surface area contributed by atoms with Crippen LogP contribution in [0.15, 0.2) is 237 Å². The SMILES string of the molecule is c1c(-c2c3ccccc3c(-c3ccccc3)c3ccccc23)ccc(N(c2ccc(-c3c4ccccc4c(-c4ccccc4)c4ccccc34)cc2)c2cccc3ccccc23)c#1. The summed E-state index contributed by atoms with van der Waals surface area (Å²) in [5.41, 5.74) is 12.6. The lowest BCUT2D eigenvalue weighted by atomic mass is 9.86. The van der Waals surface area contributed by atoms with Crippen LogP contribution >= 0.6 is 0 Å². The highest BCUT2D eigenvalue weighted by Gasteiger charge is 2.21. The molecule has 0 bridgehead atoms. The second-order valence-electron chi connectivity index (χ2n) is 16.2. The zero-order valence-corrected chi connectivity index (χ0v) is 34.5. The molecule has 12 rings (SSSR count). The van der Waals surface area contributed by atoms with Crippen LogP contribution in [0.2, 0.25) is 0 Å². The van der Waals surface area contributed by atoms with Gasteiger partial charge in [-0.05, 0) is 118 Å². The molecule has 0 atom stereocenters. The summed E-state index contributed by atoms with van der Waals surface area (Å²) in [5.74, 6) is 0. The van der Waals surface area contributed by atoms with Crippen molar-refractivity contribution in [2.45, 2.75) is 0 Å². The minimum atomic E-state index is 0.917. The summed E-state index contributed by atoms with van der Waals surface area (Å²) >= 11 is 0. The van der Waals surface area contributed by atoms with Gasteiger partial charge < -0.3 is 4.90 Å². The van der Waals surface area contributed by atoms with Gasteiger partial charge >= 0.3 is 0 Å². The van der Waals surface area contributed by atoms with Gasteiger partial charge in [0.25, 0.3) is 0 Å². The van der Waals surface area contributed by atoms with E-state index in [1.54, 1.807) is 0 Å². The molecule has 0 amide bonds. The largest absolute Gasteiger partial charge is 0.303 e. The van der Waals surface area contributed by atoms with Crippen LogP contribution in [0.25, 0.3) is 98.4 Å². The van der Waals surface area contributed by atoms with E-state index >= 15 is 0 Å². The highest BCUT2D eigenvalue weighted by atomic mass is 15.1. The molecule has 0 saturated heterocycles. The lowest BCUT2D eigenvalue weighted by Gasteiger charge is -2.26. The highest BCUT2D eigenvalue weighted by Crippen LogP contribution is 2.47. The minimum Gasteiger partial charge on any atom is -0.303 e. The summed E-state index contributed by atoms with van der Waals surface area (Å²) in [5, 5.41) is 12.2. The predicted molar refractivity (Wildman–Crippen MR) is 268 cm³/mol. The molecule has 0 radical (unpaired) electrons. The first-order valence-corrected chi connectivity index (χ1v) is 21.6. The van der Waals surface area contributed by atoms with E-state index in [0.717, 1.165) is 22.6 Å². The molecule has 292 valence electrons. The first kappa shape index (κ1) is 36.4. The fraction of sp³-hybridized carbons (Fsp3) is 0. The molecule has 0 heterocycles. The van der Waals surface area contributed by atoms with E-state index in [-0.39, 0.29) is 0 Å². The van der Waals surface area contributed by atoms with Crippen LogP contribution in [-0.2, 0) is 0 Å². The van der Waals surface area contributed by atoms with Gasteiger partial charge in [-0.25, -0.2) is 0 Å². The normalized spacial score (nSPS) is 11.4. The molecule has 63 heavy (non-hydrogen) atoms. The molecule has 0 N–H and O–H groups in total. The zero-order chi connectivity index (χ0) is 41.7. The van der Waals surface area contributed by atoms with Crippen molar-refractivity contribution in [3.8, 4) is 44.5 Å². The van der Waals surface area contributed by atoms with Gasteiger partial charge in [0.2, 0.25) is 0 Å². The molecule has 0 fully saturated rings. The molecule has 0 saturated carbocycles. The van der Waals surface area contributed by atoms with Gasteiger partial charge in [0.05, 0.1) is 11.4 Å². The van der Waals surface area contributed by atoms with Crippen molar-refractivity contribution >= 4 is 70.9 Å². The van der Waals surface area contributed by atoms with Gasteiger partial charge in [0, 0.05) is 22.2 Å². The fourth-order valence-electron chi connectivity index (χ4n) is 9.93. The Morgan fingerprint density at radius 3 is 1.08 bits per heavy atom. The Kier molecular flexibility index (Phi) is 8.80. The van der Waals surface area contributed by atoms with Crippen molar-refractivity contribution in [3.63, 3.8) is 0 Å². The van der Waals surface area contributed by atoms with Gasteiger partial charge in [0.15, 0.2) is 0 Å². The maximum atomic E-state index is 3.69. The van der Waals surface area contributed by atoms with E-state index in [1.807, 2.05) is 0 Å². The number of nitrogens with zero attached hydrogens (tertiary/aromatic N) is 1. The van der Waals surface area contributed by atoms with Crippen molar-refractivity contribution < 1.29 is 0 Å². The molecular weight excluding hydrogens is 759 g/mol. The monoisotopic (exact) mass is 797 g/mol. The third-order valence-electron chi connectivity index (χ3n) is 12.7. The van der Waals surface area contributed by atoms with Crippen LogP contribution in [0.4, 0.5) is 17.1 Å². The lowest BCUT2D eigenvalue weighted by molar-refractivity contribution is 1.30. The van der Waals surface area contributed by atoms with Crippen LogP contribution in [0.1, 0.15) is 0 Å². The highest BCUT2D eigenvalue weighted by molar-refractivity contribution is 6.22. The molecule has 1 heteroatoms. The molecule has 1 nitrogen and oxygen atoms in total. The van der Waals surface area contributed by atoms with Crippen molar-refractivity contribution in [1.82, 2.24) is 0 Å². The maximum Gasteiger partial charge on any atom is 0.0974 e. The molecule has 0 aliphatic heterocycles. The van der Waals surface area contributed by atoms with Crippen molar-refractivity contribution in [3.05, 3.63) is 249 Å². The number of benzene rings is 11. The second-order valence-corrected chi connectivity index (χ2v) is 16.2. The Bertz CT molecular complexity index is 3320. The van der Waals surface area contributed by atoms with Crippen LogP contribution in [0.5, 0.6) is 0 Å². The predicted octanol–water partition coefficient (Wildman–Crippen LogP) is 17.2. The van der Waals surface area contributed by atoms with E-state index < -0.39 is 0 Å². The zero-order valence-electron chi connectivity index (χ0n) is 34.5. The average molecular weight is 798 g/mol. The smallest absolute Gasteiger partial charge is 0.0974 e. The molecular formula is C62H39N. The van der Waals surface area contributed by atoms with Gasteiger partial charge in [-0.1, -0.05) is 212 Å². The summed E-state index contributed by atoms with van der Waals surface area (Å²) in [7, 11) is 0. The molecule has 12 aromatic rings. The summed E-state index contributed by atoms with van der Waals surface area (Å²) in [4.78, 5) is 2.33. The Labute approximate surface area is 367 Å². The van der Waals surface area contributed by atoms with Gasteiger partial charge in [-0.2, -0.15) is 0 Å². The third-order valence-corrected chi connectivity index (χ3v) is 12.7. The van der Waals surface area contributed by atoms with Crippen molar-refractivity contribution in [2.75, 3.05) is 4.90 Å². The number of fused-ring (bicyclic) bond motifs is 5. The van der Waals surface area contributed by atoms with Crippen molar-refractivity contribution in [1.29, 1.82) is 0 Å². The first-order chi connectivity index (χ1) is 31.3. The van der Waals surface area contributed by atoms with Gasteiger partial charge in [-0.15, -0.1) is 0 Å². The van der Waals surface area contributed by atoms with Gasteiger partial charge in [-0.3, -0.25) is 0 Å². The second kappa shape index (κ2) is 15.2. The van der Waals surface area contributed by atoms with Crippen molar-refractivity contribution in [2.24, 2.45) is 0 Å². The average Bonchev–Trinajstić information content (AvgIpc) is 3.36. The molecule has 0 aliphatic carbocycles. The molecule has 0 unspecified atom stereocenters. The molecule has 0 aliphatic rings. The Hall–Kier alpha value is -8.44. The van der Waals surface area contributed by atoms with E-state index in [2.05, 4.69) is 254 Å². The van der Waals surface area contributed by atoms with E-state index in [1.165, 1.54) is 92.8 Å². The lowest BCUT2D eigenvalue weighted by Crippen LogP contribution is -2.10. The van der Waals surface area contributed by atoms with Gasteiger partial charge in [0.1, 0.15) is 0 Å².